The van der Waals surface area contributed by atoms with Crippen molar-refractivity contribution in [3.63, 3.8) is 0 Å². The summed E-state index contributed by atoms with van der Waals surface area (Å²) in [6.07, 6.45) is 0. The first-order valence-corrected chi connectivity index (χ1v) is 4.91. The van der Waals surface area contributed by atoms with Gasteiger partial charge in [0, 0.05) is 6.04 Å². The molecule has 0 aromatic rings. The van der Waals surface area contributed by atoms with Gasteiger partial charge in [-0.1, -0.05) is 0 Å². The van der Waals surface area contributed by atoms with E-state index >= 15 is 0 Å². The average Bonchev–Trinajstić information content (AvgIpc) is 2.15. The molecule has 0 aliphatic heterocycles. The number of hydrogen-bond acceptors (Lipinski definition) is 5. The summed E-state index contributed by atoms with van der Waals surface area (Å²) in [6.45, 7) is 6.55. The van der Waals surface area contributed by atoms with Gasteiger partial charge in [0.1, 0.15) is 0 Å². The molecule has 0 aromatic carbocycles. The Balaban J connectivity index is 2.85. The molecular weight excluding hydrogens is 186 g/mol. The van der Waals surface area contributed by atoms with Crippen molar-refractivity contribution in [1.29, 1.82) is 0 Å². The van der Waals surface area contributed by atoms with Crippen LogP contribution in [0, 0.1) is 0 Å². The third kappa shape index (κ3) is 11.8. The number of ether oxygens (including phenoxy) is 2. The van der Waals surface area contributed by atoms with Gasteiger partial charge < -0.3 is 14.6 Å². The van der Waals surface area contributed by atoms with Crippen molar-refractivity contribution in [2.24, 2.45) is 0 Å². The zero-order valence-corrected chi connectivity index (χ0v) is 8.99. The second-order valence-electron chi connectivity index (χ2n) is 3.07. The molecule has 14 heavy (non-hydrogen) atoms. The second kappa shape index (κ2) is 10.9. The summed E-state index contributed by atoms with van der Waals surface area (Å²) in [6, 6.07) is 0.322. The lowest BCUT2D eigenvalue weighted by atomic mass is 10.4. The minimum atomic E-state index is 0.0570. The van der Waals surface area contributed by atoms with Gasteiger partial charge in [-0.05, 0) is 13.8 Å². The van der Waals surface area contributed by atoms with Crippen molar-refractivity contribution in [1.82, 2.24) is 5.48 Å². The quantitative estimate of drug-likeness (QED) is 0.388. The van der Waals surface area contributed by atoms with Crippen LogP contribution in [0.5, 0.6) is 0 Å². The van der Waals surface area contributed by atoms with Crippen molar-refractivity contribution in [3.8, 4) is 0 Å². The zero-order valence-electron chi connectivity index (χ0n) is 8.99. The molecule has 0 aliphatic rings. The van der Waals surface area contributed by atoms with E-state index in [9.17, 15) is 0 Å². The van der Waals surface area contributed by atoms with E-state index < -0.39 is 0 Å². The van der Waals surface area contributed by atoms with Crippen LogP contribution in [0.25, 0.3) is 0 Å². The van der Waals surface area contributed by atoms with Crippen molar-refractivity contribution in [2.45, 2.75) is 19.9 Å². The minimum Gasteiger partial charge on any atom is -0.394 e. The Labute approximate surface area is 85.3 Å². The molecule has 0 saturated heterocycles. The van der Waals surface area contributed by atoms with Gasteiger partial charge in [0.25, 0.3) is 0 Å². The molecule has 86 valence electrons. The van der Waals surface area contributed by atoms with Gasteiger partial charge in [-0.25, -0.2) is 0 Å². The highest BCUT2D eigenvalue weighted by atomic mass is 16.7. The van der Waals surface area contributed by atoms with Crippen LogP contribution in [0.15, 0.2) is 0 Å². The molecule has 2 N–H and O–H groups in total. The van der Waals surface area contributed by atoms with Crippen LogP contribution < -0.4 is 5.48 Å². The standard InChI is InChI=1S/C9H21NO4/c1-9(2)10-14-8-7-13-6-5-12-4-3-11/h9-11H,3-8H2,1-2H3. The van der Waals surface area contributed by atoms with Gasteiger partial charge in [-0.15, -0.1) is 0 Å². The van der Waals surface area contributed by atoms with Gasteiger partial charge in [0.15, 0.2) is 0 Å². The Morgan fingerprint density at radius 3 is 2.14 bits per heavy atom. The monoisotopic (exact) mass is 207 g/mol. The van der Waals surface area contributed by atoms with Crippen LogP contribution >= 0.6 is 0 Å². The number of aliphatic hydroxyl groups excluding tert-OH is 1. The largest absolute Gasteiger partial charge is 0.394 e. The van der Waals surface area contributed by atoms with Gasteiger partial charge in [0.2, 0.25) is 0 Å². The SMILES string of the molecule is CC(C)NOCCOCCOCCO. The van der Waals surface area contributed by atoms with E-state index in [4.69, 9.17) is 19.4 Å². The van der Waals surface area contributed by atoms with Crippen LogP contribution in [-0.4, -0.2) is 50.8 Å². The lowest BCUT2D eigenvalue weighted by Gasteiger charge is -2.08. The Bertz CT molecular complexity index is 111. The maximum Gasteiger partial charge on any atom is 0.0916 e. The molecule has 0 bridgehead atoms. The fourth-order valence-corrected chi connectivity index (χ4v) is 0.713. The highest BCUT2D eigenvalue weighted by Gasteiger charge is 1.92. The highest BCUT2D eigenvalue weighted by Crippen LogP contribution is 1.81. The molecule has 5 nitrogen and oxygen atoms in total. The Kier molecular flexibility index (Phi) is 10.7. The third-order valence-corrected chi connectivity index (χ3v) is 1.26. The molecule has 0 aliphatic carbocycles. The first kappa shape index (κ1) is 13.8. The molecule has 5 heteroatoms. The predicted octanol–water partition coefficient (Wildman–Crippen LogP) is -0.0585. The molecule has 0 amide bonds. The Hall–Kier alpha value is -0.200. The first-order chi connectivity index (χ1) is 6.77. The number of aliphatic hydroxyl groups is 1. The smallest absolute Gasteiger partial charge is 0.0916 e. The van der Waals surface area contributed by atoms with Crippen molar-refractivity contribution in [2.75, 3.05) is 39.6 Å². The topological polar surface area (TPSA) is 60.0 Å². The van der Waals surface area contributed by atoms with Crippen molar-refractivity contribution < 1.29 is 19.4 Å². The van der Waals surface area contributed by atoms with Gasteiger partial charge in [-0.3, -0.25) is 4.84 Å². The fourth-order valence-electron chi connectivity index (χ4n) is 0.713. The molecule has 0 unspecified atom stereocenters. The molecule has 0 atom stereocenters. The molecular formula is C9H21NO4. The van der Waals surface area contributed by atoms with Crippen LogP contribution in [0.4, 0.5) is 0 Å². The molecule has 0 spiro atoms. The summed E-state index contributed by atoms with van der Waals surface area (Å²) in [5, 5.41) is 8.40. The lowest BCUT2D eigenvalue weighted by molar-refractivity contribution is -0.0287. The normalized spacial score (nSPS) is 11.1. The number of hydroxylamine groups is 1. The molecule has 0 fully saturated rings. The van der Waals surface area contributed by atoms with E-state index in [1.165, 1.54) is 0 Å². The van der Waals surface area contributed by atoms with Gasteiger partial charge in [0.05, 0.1) is 39.6 Å². The van der Waals surface area contributed by atoms with Crippen LogP contribution in [0.1, 0.15) is 13.8 Å². The van der Waals surface area contributed by atoms with Gasteiger partial charge in [-0.2, -0.15) is 5.48 Å². The minimum absolute atomic E-state index is 0.0570. The molecule has 0 radical (unpaired) electrons. The number of hydrogen-bond donors (Lipinski definition) is 2. The third-order valence-electron chi connectivity index (χ3n) is 1.26. The van der Waals surface area contributed by atoms with E-state index in [1.54, 1.807) is 0 Å². The van der Waals surface area contributed by atoms with Crippen LogP contribution in [-0.2, 0) is 14.3 Å². The molecule has 0 heterocycles. The summed E-state index contributed by atoms with van der Waals surface area (Å²) >= 11 is 0. The summed E-state index contributed by atoms with van der Waals surface area (Å²) < 4.78 is 10.2. The lowest BCUT2D eigenvalue weighted by Crippen LogP contribution is -2.25. The molecule has 0 rings (SSSR count). The summed E-state index contributed by atoms with van der Waals surface area (Å²) in [7, 11) is 0. The van der Waals surface area contributed by atoms with E-state index in [0.29, 0.717) is 39.1 Å². The summed E-state index contributed by atoms with van der Waals surface area (Å²) in [5.74, 6) is 0. The predicted molar refractivity (Wildman–Crippen MR) is 52.9 cm³/mol. The Morgan fingerprint density at radius 1 is 1.00 bits per heavy atom. The van der Waals surface area contributed by atoms with E-state index in [1.807, 2.05) is 13.8 Å². The van der Waals surface area contributed by atoms with Crippen LogP contribution in [0.2, 0.25) is 0 Å². The van der Waals surface area contributed by atoms with Crippen LogP contribution in [0.3, 0.4) is 0 Å². The molecule has 0 aromatic heterocycles. The summed E-state index contributed by atoms with van der Waals surface area (Å²) in [4.78, 5) is 5.07. The van der Waals surface area contributed by atoms with E-state index in [0.717, 1.165) is 0 Å². The van der Waals surface area contributed by atoms with E-state index in [-0.39, 0.29) is 6.61 Å². The number of rotatable bonds is 10. The zero-order chi connectivity index (χ0) is 10.6. The van der Waals surface area contributed by atoms with Gasteiger partial charge >= 0.3 is 0 Å². The highest BCUT2D eigenvalue weighted by molar-refractivity contribution is 4.39. The second-order valence-corrected chi connectivity index (χ2v) is 3.07. The van der Waals surface area contributed by atoms with Crippen molar-refractivity contribution in [3.05, 3.63) is 0 Å². The fraction of sp³-hybridized carbons (Fsp3) is 1.00. The van der Waals surface area contributed by atoms with E-state index in [2.05, 4.69) is 5.48 Å². The molecule has 0 saturated carbocycles. The maximum absolute atomic E-state index is 8.40. The number of nitrogens with one attached hydrogen (secondary N) is 1. The first-order valence-electron chi connectivity index (χ1n) is 4.91. The van der Waals surface area contributed by atoms with Crippen molar-refractivity contribution >= 4 is 0 Å². The average molecular weight is 207 g/mol. The Morgan fingerprint density at radius 2 is 1.57 bits per heavy atom. The summed E-state index contributed by atoms with van der Waals surface area (Å²) in [5.41, 5.74) is 2.81. The maximum atomic E-state index is 8.40.